The van der Waals surface area contributed by atoms with E-state index >= 15 is 0 Å². The maximum absolute atomic E-state index is 10.5. The van der Waals surface area contributed by atoms with Crippen molar-refractivity contribution in [2.75, 3.05) is 19.3 Å². The van der Waals surface area contributed by atoms with Crippen molar-refractivity contribution in [3.05, 3.63) is 0 Å². The summed E-state index contributed by atoms with van der Waals surface area (Å²) in [6, 6.07) is 0. The van der Waals surface area contributed by atoms with Gasteiger partial charge in [0.15, 0.2) is 0 Å². The topological polar surface area (TPSA) is 49.7 Å². The second kappa shape index (κ2) is 3.78. The quantitative estimate of drug-likeness (QED) is 0.355. The van der Waals surface area contributed by atoms with Crippen LogP contribution in [0.5, 0.6) is 0 Å². The van der Waals surface area contributed by atoms with Gasteiger partial charge in [0.05, 0.1) is 0 Å². The molecular weight excluding hydrogens is 176 g/mol. The van der Waals surface area contributed by atoms with E-state index in [2.05, 4.69) is 4.40 Å². The van der Waals surface area contributed by atoms with Crippen molar-refractivity contribution in [2.24, 2.45) is 4.40 Å². The summed E-state index contributed by atoms with van der Waals surface area (Å²) in [5.41, 5.74) is 0. The van der Waals surface area contributed by atoms with Crippen LogP contribution in [0.15, 0.2) is 4.40 Å². The van der Waals surface area contributed by atoms with Crippen LogP contribution < -0.4 is 0 Å². The van der Waals surface area contributed by atoms with Crippen LogP contribution in [0.4, 0.5) is 0 Å². The first-order valence-electron chi connectivity index (χ1n) is 2.48. The number of rotatable bonds is 3. The predicted octanol–water partition coefficient (Wildman–Crippen LogP) is 0.102. The number of hydrogen-bond acceptors (Lipinski definition) is 2. The Bertz CT molecular complexity index is 209. The van der Waals surface area contributed by atoms with Gasteiger partial charge in [0.1, 0.15) is 11.6 Å². The fourth-order valence-electron chi connectivity index (χ4n) is 0.194. The van der Waals surface area contributed by atoms with E-state index in [0.29, 0.717) is 0 Å². The molecule has 0 bridgehead atoms. The molecule has 6 heteroatoms. The van der Waals surface area contributed by atoms with Gasteiger partial charge in [-0.25, -0.2) is 8.42 Å². The van der Waals surface area contributed by atoms with Crippen LogP contribution in [0.25, 0.3) is 0 Å². The lowest BCUT2D eigenvalue weighted by molar-refractivity contribution is 0.599. The lowest BCUT2D eigenvalue weighted by atomic mass is 11.0. The second-order valence-electron chi connectivity index (χ2n) is 1.88. The molecule has 0 aromatic heterocycles. The highest BCUT2D eigenvalue weighted by atomic mass is 35.5. The van der Waals surface area contributed by atoms with Crippen molar-refractivity contribution in [3.63, 3.8) is 0 Å². The van der Waals surface area contributed by atoms with Gasteiger partial charge in [-0.3, -0.25) is 0 Å². The molecule has 0 unspecified atom stereocenters. The Hall–Kier alpha value is -0.290. The van der Waals surface area contributed by atoms with Gasteiger partial charge in [-0.15, -0.1) is 11.6 Å². The first-order valence-corrected chi connectivity index (χ1v) is 4.63. The molecule has 4 nitrogen and oxygen atoms in total. The Morgan fingerprint density at radius 1 is 1.60 bits per heavy atom. The van der Waals surface area contributed by atoms with Gasteiger partial charge >= 0.3 is 0 Å². The molecule has 0 aliphatic rings. The standard InChI is InChI=1S/C4H9ClN2O2S/c1-7(2)4-6-10(8,9)3-5/h4H,3H2,1-2H3. The van der Waals surface area contributed by atoms with Gasteiger partial charge in [0.2, 0.25) is 0 Å². The molecule has 10 heavy (non-hydrogen) atoms. The van der Waals surface area contributed by atoms with Gasteiger partial charge < -0.3 is 4.90 Å². The molecule has 0 rings (SSSR count). The van der Waals surface area contributed by atoms with Gasteiger partial charge in [-0.2, -0.15) is 4.40 Å². The van der Waals surface area contributed by atoms with E-state index in [-0.39, 0.29) is 0 Å². The summed E-state index contributed by atoms with van der Waals surface area (Å²) in [6.45, 7) is 0. The van der Waals surface area contributed by atoms with Crippen LogP contribution in [0, 0.1) is 0 Å². The highest BCUT2D eigenvalue weighted by molar-refractivity contribution is 7.91. The summed E-state index contributed by atoms with van der Waals surface area (Å²) in [4.78, 5) is 1.52. The van der Waals surface area contributed by atoms with Crippen LogP contribution in [0.2, 0.25) is 0 Å². The smallest absolute Gasteiger partial charge is 0.268 e. The zero-order valence-corrected chi connectivity index (χ0v) is 7.35. The van der Waals surface area contributed by atoms with Gasteiger partial charge in [-0.05, 0) is 0 Å². The van der Waals surface area contributed by atoms with Crippen LogP contribution in [-0.2, 0) is 10.0 Å². The number of sulfonamides is 1. The number of hydrogen-bond donors (Lipinski definition) is 0. The maximum atomic E-state index is 10.5. The maximum Gasteiger partial charge on any atom is 0.268 e. The summed E-state index contributed by atoms with van der Waals surface area (Å²) in [5, 5.41) is -0.475. The van der Waals surface area contributed by atoms with E-state index in [1.807, 2.05) is 0 Å². The molecular formula is C4H9ClN2O2S. The first-order chi connectivity index (χ1) is 4.48. The van der Waals surface area contributed by atoms with Crippen LogP contribution in [0.3, 0.4) is 0 Å². The summed E-state index contributed by atoms with van der Waals surface area (Å²) in [7, 11) is -0.0736. The van der Waals surface area contributed by atoms with E-state index < -0.39 is 15.2 Å². The molecule has 0 saturated heterocycles. The molecule has 0 spiro atoms. The summed E-state index contributed by atoms with van der Waals surface area (Å²) < 4.78 is 24.3. The molecule has 0 aromatic rings. The Morgan fingerprint density at radius 2 is 2.10 bits per heavy atom. The first kappa shape index (κ1) is 9.71. The number of nitrogens with zero attached hydrogens (tertiary/aromatic N) is 2. The third kappa shape index (κ3) is 4.58. The van der Waals surface area contributed by atoms with Crippen molar-refractivity contribution in [1.29, 1.82) is 0 Å². The normalized spacial score (nSPS) is 12.3. The summed E-state index contributed by atoms with van der Waals surface area (Å²) in [5.74, 6) is 0. The fraction of sp³-hybridized carbons (Fsp3) is 0.750. The molecule has 0 aliphatic heterocycles. The average Bonchev–Trinajstić information content (AvgIpc) is 1.85. The molecule has 0 aromatic carbocycles. The largest absolute Gasteiger partial charge is 0.368 e. The molecule has 0 aliphatic carbocycles. The Labute approximate surface area is 65.6 Å². The summed E-state index contributed by atoms with van der Waals surface area (Å²) in [6.07, 6.45) is 1.19. The minimum Gasteiger partial charge on any atom is -0.368 e. The minimum atomic E-state index is -3.42. The predicted molar refractivity (Wildman–Crippen MR) is 41.8 cm³/mol. The van der Waals surface area contributed by atoms with Crippen molar-refractivity contribution in [3.8, 4) is 0 Å². The molecule has 60 valence electrons. The summed E-state index contributed by atoms with van der Waals surface area (Å²) >= 11 is 5.06. The average molecular weight is 185 g/mol. The van der Waals surface area contributed by atoms with E-state index in [4.69, 9.17) is 11.6 Å². The Morgan fingerprint density at radius 3 is 2.40 bits per heavy atom. The van der Waals surface area contributed by atoms with E-state index in [9.17, 15) is 8.42 Å². The van der Waals surface area contributed by atoms with Crippen LogP contribution in [-0.4, -0.2) is 39.0 Å². The monoisotopic (exact) mass is 184 g/mol. The zero-order chi connectivity index (χ0) is 8.20. The lowest BCUT2D eigenvalue weighted by Crippen LogP contribution is -2.10. The van der Waals surface area contributed by atoms with Crippen LogP contribution >= 0.6 is 11.6 Å². The van der Waals surface area contributed by atoms with Crippen molar-refractivity contribution < 1.29 is 8.42 Å². The number of halogens is 1. The fourth-order valence-corrected chi connectivity index (χ4v) is 0.752. The van der Waals surface area contributed by atoms with E-state index in [1.54, 1.807) is 14.1 Å². The third-order valence-corrected chi connectivity index (χ3v) is 2.10. The Kier molecular flexibility index (Phi) is 3.67. The van der Waals surface area contributed by atoms with Gasteiger partial charge in [-0.1, -0.05) is 0 Å². The van der Waals surface area contributed by atoms with Gasteiger partial charge in [0, 0.05) is 14.1 Å². The highest BCUT2D eigenvalue weighted by Gasteiger charge is 2.02. The molecule has 0 saturated carbocycles. The van der Waals surface area contributed by atoms with Crippen molar-refractivity contribution >= 4 is 28.0 Å². The second-order valence-corrected chi connectivity index (χ2v) is 4.12. The molecule has 0 fully saturated rings. The SMILES string of the molecule is CN(C)C=NS(=O)(=O)CCl. The Balaban J connectivity index is 4.15. The molecule has 0 atom stereocenters. The lowest BCUT2D eigenvalue weighted by Gasteiger charge is -2.00. The molecule has 0 heterocycles. The zero-order valence-electron chi connectivity index (χ0n) is 5.78. The highest BCUT2D eigenvalue weighted by Crippen LogP contribution is 1.93. The van der Waals surface area contributed by atoms with Crippen molar-refractivity contribution in [2.45, 2.75) is 0 Å². The molecule has 0 radical (unpaired) electrons. The number of alkyl halides is 1. The third-order valence-electron chi connectivity index (χ3n) is 0.577. The van der Waals surface area contributed by atoms with Crippen molar-refractivity contribution in [1.82, 2.24) is 4.90 Å². The van der Waals surface area contributed by atoms with Crippen LogP contribution in [0.1, 0.15) is 0 Å². The van der Waals surface area contributed by atoms with E-state index in [0.717, 1.165) is 0 Å². The van der Waals surface area contributed by atoms with E-state index in [1.165, 1.54) is 11.2 Å². The molecule has 0 N–H and O–H groups in total. The minimum absolute atomic E-state index is 0.475. The van der Waals surface area contributed by atoms with Gasteiger partial charge in [0.25, 0.3) is 10.0 Å². The molecule has 0 amide bonds.